The van der Waals surface area contributed by atoms with Crippen molar-refractivity contribution < 1.29 is 29.2 Å². The van der Waals surface area contributed by atoms with Gasteiger partial charge in [0.2, 0.25) is 0 Å². The molecule has 6 rings (SSSR count). The fourth-order valence-corrected chi connectivity index (χ4v) is 8.11. The fourth-order valence-electron chi connectivity index (χ4n) is 7.87. The summed E-state index contributed by atoms with van der Waals surface area (Å²) in [7, 11) is 0. The molecule has 1 aliphatic carbocycles. The quantitative estimate of drug-likeness (QED) is 0.153. The number of halogens is 1. The highest BCUT2D eigenvalue weighted by Gasteiger charge is 2.49. The molecule has 1 aromatic heterocycles. The molecule has 3 aromatic rings. The van der Waals surface area contributed by atoms with E-state index >= 15 is 0 Å². The number of allylic oxidation sites excluding steroid dienone is 2. The van der Waals surface area contributed by atoms with Crippen LogP contribution in [0.3, 0.4) is 0 Å². The van der Waals surface area contributed by atoms with Crippen LogP contribution in [0.1, 0.15) is 75.1 Å². The molecule has 54 heavy (non-hydrogen) atoms. The molecule has 2 N–H and O–H groups in total. The number of piperidine rings is 1. The highest BCUT2D eigenvalue weighted by atomic mass is 35.5. The molecule has 0 spiro atoms. The van der Waals surface area contributed by atoms with E-state index in [1.807, 2.05) is 35.2 Å². The minimum Gasteiger partial charge on any atom is -0.488 e. The fraction of sp³-hybridized carbons (Fsp3) is 0.465. The number of ether oxygens (including phenoxy) is 3. The minimum atomic E-state index is -1.02. The van der Waals surface area contributed by atoms with Crippen molar-refractivity contribution in [1.82, 2.24) is 14.8 Å². The number of carbonyl (C=O) groups is 1. The number of likely N-dealkylation sites (tertiary alicyclic amines) is 2. The van der Waals surface area contributed by atoms with E-state index in [1.165, 1.54) is 6.20 Å². The molecular weight excluding hydrogens is 704 g/mol. The number of carboxylic acids is 1. The molecule has 2 fully saturated rings. The Bertz CT molecular complexity index is 1890. The van der Waals surface area contributed by atoms with Gasteiger partial charge in [0, 0.05) is 67.8 Å². The second-order valence-corrected chi connectivity index (χ2v) is 15.8. The summed E-state index contributed by atoms with van der Waals surface area (Å²) in [6, 6.07) is 17.7. The number of nitrogens with zero attached hydrogens (tertiary/aromatic N) is 4. The first-order valence-corrected chi connectivity index (χ1v) is 19.2. The van der Waals surface area contributed by atoms with Crippen LogP contribution in [0.25, 0.3) is 5.57 Å². The predicted molar refractivity (Wildman–Crippen MR) is 208 cm³/mol. The van der Waals surface area contributed by atoms with Gasteiger partial charge in [0.05, 0.1) is 16.7 Å². The maximum Gasteiger partial charge on any atom is 0.323 e. The van der Waals surface area contributed by atoms with E-state index in [2.05, 4.69) is 54.1 Å². The van der Waals surface area contributed by atoms with Gasteiger partial charge in [-0.1, -0.05) is 67.9 Å². The van der Waals surface area contributed by atoms with Crippen molar-refractivity contribution in [1.29, 1.82) is 5.26 Å². The summed E-state index contributed by atoms with van der Waals surface area (Å²) < 4.78 is 20.0. The number of pyridine rings is 1. The summed E-state index contributed by atoms with van der Waals surface area (Å²) >= 11 is 7.02. The molecule has 11 heteroatoms. The average molecular weight is 755 g/mol. The zero-order chi connectivity index (χ0) is 38.3. The molecule has 3 aliphatic rings. The molecule has 2 aromatic carbocycles. The van der Waals surface area contributed by atoms with E-state index in [-0.39, 0.29) is 19.3 Å². The van der Waals surface area contributed by atoms with E-state index < -0.39 is 22.5 Å². The summed E-state index contributed by atoms with van der Waals surface area (Å²) in [4.78, 5) is 20.9. The molecule has 0 bridgehead atoms. The Hall–Kier alpha value is -4.24. The van der Waals surface area contributed by atoms with Crippen LogP contribution in [0.2, 0.25) is 5.02 Å². The topological polar surface area (TPSA) is 128 Å². The second kappa shape index (κ2) is 17.1. The van der Waals surface area contributed by atoms with E-state index in [9.17, 15) is 20.3 Å². The largest absolute Gasteiger partial charge is 0.488 e. The lowest BCUT2D eigenvalue weighted by Crippen LogP contribution is -2.54. The van der Waals surface area contributed by atoms with Gasteiger partial charge in [-0.2, -0.15) is 5.26 Å². The van der Waals surface area contributed by atoms with Crippen molar-refractivity contribution in [2.75, 3.05) is 39.4 Å². The average Bonchev–Trinajstić information content (AvgIpc) is 3.59. The molecule has 2 saturated heterocycles. The Morgan fingerprint density at radius 3 is 2.63 bits per heavy atom. The summed E-state index contributed by atoms with van der Waals surface area (Å²) in [5, 5.41) is 30.0. The zero-order valence-corrected chi connectivity index (χ0v) is 32.2. The van der Waals surface area contributed by atoms with E-state index in [4.69, 9.17) is 25.8 Å². The predicted octanol–water partition coefficient (Wildman–Crippen LogP) is 7.29. The molecule has 3 heterocycles. The molecule has 0 radical (unpaired) electrons. The zero-order valence-electron chi connectivity index (χ0n) is 31.5. The molecule has 2 aliphatic heterocycles. The molecule has 2 unspecified atom stereocenters. The van der Waals surface area contributed by atoms with Crippen LogP contribution in [-0.4, -0.2) is 87.6 Å². The molecule has 0 amide bonds. The number of benzene rings is 2. The summed E-state index contributed by atoms with van der Waals surface area (Å²) in [6.07, 6.45) is 13.0. The Morgan fingerprint density at radius 2 is 1.89 bits per heavy atom. The first-order chi connectivity index (χ1) is 25.9. The third-order valence-corrected chi connectivity index (χ3v) is 11.7. The van der Waals surface area contributed by atoms with Crippen LogP contribution in [0.15, 0.2) is 79.2 Å². The van der Waals surface area contributed by atoms with E-state index in [0.717, 1.165) is 61.0 Å². The highest BCUT2D eigenvalue weighted by Crippen LogP contribution is 2.49. The van der Waals surface area contributed by atoms with Gasteiger partial charge in [-0.3, -0.25) is 14.7 Å². The number of hydrogen-bond donors (Lipinski definition) is 2. The van der Waals surface area contributed by atoms with Gasteiger partial charge < -0.3 is 29.3 Å². The van der Waals surface area contributed by atoms with Gasteiger partial charge in [-0.05, 0) is 74.9 Å². The van der Waals surface area contributed by atoms with Crippen molar-refractivity contribution in [3.63, 3.8) is 0 Å². The number of rotatable bonds is 15. The summed E-state index contributed by atoms with van der Waals surface area (Å²) in [6.45, 7) is 10.2. The lowest BCUT2D eigenvalue weighted by Gasteiger charge is -2.47. The lowest BCUT2D eigenvalue weighted by atomic mass is 9.65. The Balaban J connectivity index is 1.29. The van der Waals surface area contributed by atoms with Crippen molar-refractivity contribution >= 4 is 23.1 Å². The van der Waals surface area contributed by atoms with Gasteiger partial charge in [-0.15, -0.1) is 0 Å². The van der Waals surface area contributed by atoms with Crippen molar-refractivity contribution in [2.24, 2.45) is 5.41 Å². The Morgan fingerprint density at radius 1 is 1.07 bits per heavy atom. The van der Waals surface area contributed by atoms with Crippen LogP contribution in [0, 0.1) is 16.7 Å². The first-order valence-electron chi connectivity index (χ1n) is 18.8. The van der Waals surface area contributed by atoms with Crippen molar-refractivity contribution in [3.8, 4) is 17.6 Å². The Labute approximate surface area is 323 Å². The lowest BCUT2D eigenvalue weighted by molar-refractivity contribution is -0.153. The van der Waals surface area contributed by atoms with Crippen LogP contribution < -0.4 is 9.47 Å². The third kappa shape index (κ3) is 8.67. The maximum absolute atomic E-state index is 12.5. The van der Waals surface area contributed by atoms with Crippen LogP contribution in [0.5, 0.6) is 11.5 Å². The van der Waals surface area contributed by atoms with Gasteiger partial charge in [0.1, 0.15) is 41.9 Å². The van der Waals surface area contributed by atoms with Crippen molar-refractivity contribution in [2.45, 2.75) is 83.3 Å². The number of aromatic nitrogens is 1. The van der Waals surface area contributed by atoms with Gasteiger partial charge in [-0.25, -0.2) is 0 Å². The second-order valence-electron chi connectivity index (χ2n) is 15.4. The van der Waals surface area contributed by atoms with E-state index in [0.29, 0.717) is 54.7 Å². The van der Waals surface area contributed by atoms with Crippen LogP contribution in [-0.2, 0) is 22.7 Å². The molecule has 10 nitrogen and oxygen atoms in total. The molecule has 3 atom stereocenters. The number of aliphatic hydroxyl groups is 1. The highest BCUT2D eigenvalue weighted by molar-refractivity contribution is 6.32. The van der Waals surface area contributed by atoms with Crippen molar-refractivity contribution in [3.05, 3.63) is 106 Å². The van der Waals surface area contributed by atoms with Gasteiger partial charge in [0.15, 0.2) is 0 Å². The van der Waals surface area contributed by atoms with Crippen LogP contribution in [0.4, 0.5) is 0 Å². The van der Waals surface area contributed by atoms with Crippen LogP contribution >= 0.6 is 11.6 Å². The standard InChI is InChI=1S/C43H51ClN4O6/c1-41(2)36(33-11-5-4-6-12-33)13-9-16-43(41,54-20-10-17-47-19-14-35(49)28-47)30-53-39-23-38(52-29-32-21-31(24-45)25-46-26-32)34(22-37(39)44)27-48-18-8-7-15-42(48,3)40(50)51/h4-6,9,11-13,16,21-23,25-26,35,49H,7-8,10,14-15,17-20,27-30H2,1-3H3,(H,50,51)/t35-,42?,43?/m1/s1. The first kappa shape index (κ1) is 39.5. The maximum atomic E-state index is 12.5. The number of aliphatic carboxylic acids is 1. The number of β-amino-alcohol motifs (C(OH)–C–C–N with tert-alkyl or cyclic N) is 1. The SMILES string of the molecule is CC1(C(=O)O)CCCCN1Cc1cc(Cl)c(OCC2(OCCCN3CC[C@@H](O)C3)C=CC=C(c3ccccc3)C2(C)C)cc1OCc1cncc(C#N)c1. The number of hydrogen-bond acceptors (Lipinski definition) is 9. The third-order valence-electron chi connectivity index (χ3n) is 11.4. The van der Waals surface area contributed by atoms with Gasteiger partial charge in [0.25, 0.3) is 0 Å². The Kier molecular flexibility index (Phi) is 12.5. The monoisotopic (exact) mass is 754 g/mol. The normalized spacial score (nSPS) is 24.1. The summed E-state index contributed by atoms with van der Waals surface area (Å²) in [5.74, 6) is 0.0552. The molecular formula is C43H51ClN4O6. The summed E-state index contributed by atoms with van der Waals surface area (Å²) in [5.41, 5.74) is 1.69. The minimum absolute atomic E-state index is 0.134. The smallest absolute Gasteiger partial charge is 0.323 e. The van der Waals surface area contributed by atoms with Gasteiger partial charge >= 0.3 is 5.97 Å². The number of carboxylic acid groups (broad SMARTS) is 1. The number of nitriles is 1. The molecule has 286 valence electrons. The molecule has 0 saturated carbocycles. The number of aliphatic hydroxyl groups excluding tert-OH is 1. The van der Waals surface area contributed by atoms with E-state index in [1.54, 1.807) is 25.3 Å².